The zero-order chi connectivity index (χ0) is 19.0. The first-order valence-electron chi connectivity index (χ1n) is 9.34. The largest absolute Gasteiger partial charge is 0.467 e. The van der Waals surface area contributed by atoms with Crippen molar-refractivity contribution in [1.29, 1.82) is 0 Å². The minimum Gasteiger partial charge on any atom is -0.467 e. The van der Waals surface area contributed by atoms with Crippen molar-refractivity contribution in [2.75, 3.05) is 0 Å². The molecule has 0 unspecified atom stereocenters. The van der Waals surface area contributed by atoms with Gasteiger partial charge in [0, 0.05) is 6.42 Å². The van der Waals surface area contributed by atoms with Crippen LogP contribution in [0.3, 0.4) is 0 Å². The van der Waals surface area contributed by atoms with Crippen molar-refractivity contribution < 1.29 is 18.7 Å². The quantitative estimate of drug-likeness (QED) is 0.557. The van der Waals surface area contributed by atoms with Gasteiger partial charge in [-0.15, -0.1) is 0 Å². The van der Waals surface area contributed by atoms with E-state index in [1.807, 2.05) is 63.2 Å². The minimum atomic E-state index is -0.677. The summed E-state index contributed by atoms with van der Waals surface area (Å²) in [4.78, 5) is 12.8. The van der Waals surface area contributed by atoms with Crippen LogP contribution in [0, 0.1) is 0 Å². The van der Waals surface area contributed by atoms with Crippen LogP contribution in [0.15, 0.2) is 53.1 Å². The molecule has 1 aromatic heterocycles. The van der Waals surface area contributed by atoms with E-state index in [4.69, 9.17) is 13.9 Å². The highest BCUT2D eigenvalue weighted by Gasteiger charge is 2.30. The molecule has 2 atom stereocenters. The maximum absolute atomic E-state index is 12.8. The molecule has 0 fully saturated rings. The van der Waals surface area contributed by atoms with Crippen LogP contribution in [-0.2, 0) is 20.7 Å². The Bertz CT molecular complexity index is 641. The van der Waals surface area contributed by atoms with Gasteiger partial charge in [0.1, 0.15) is 17.5 Å². The van der Waals surface area contributed by atoms with Crippen LogP contribution in [-0.4, -0.2) is 17.7 Å². The molecule has 2 aromatic rings. The third-order valence-corrected chi connectivity index (χ3v) is 3.94. The zero-order valence-corrected chi connectivity index (χ0v) is 16.2. The molecule has 0 radical (unpaired) electrons. The smallest absolute Gasteiger partial charge is 0.336 e. The predicted molar refractivity (Wildman–Crippen MR) is 102 cm³/mol. The highest BCUT2D eigenvalue weighted by Crippen LogP contribution is 2.27. The van der Waals surface area contributed by atoms with Crippen LogP contribution in [0.4, 0.5) is 0 Å². The summed E-state index contributed by atoms with van der Waals surface area (Å²) in [6.07, 6.45) is 4.03. The summed E-state index contributed by atoms with van der Waals surface area (Å²) < 4.78 is 17.4. The lowest BCUT2D eigenvalue weighted by atomic mass is 10.1. The fourth-order valence-electron chi connectivity index (χ4n) is 2.72. The van der Waals surface area contributed by atoms with E-state index in [0.29, 0.717) is 6.42 Å². The number of furan rings is 1. The van der Waals surface area contributed by atoms with E-state index >= 15 is 0 Å². The number of benzene rings is 1. The van der Waals surface area contributed by atoms with Gasteiger partial charge in [-0.05, 0) is 44.9 Å². The van der Waals surface area contributed by atoms with E-state index < -0.39 is 11.7 Å². The lowest BCUT2D eigenvalue weighted by Gasteiger charge is -2.27. The first-order valence-corrected chi connectivity index (χ1v) is 9.34. The Labute approximate surface area is 156 Å². The number of ether oxygens (including phenoxy) is 2. The van der Waals surface area contributed by atoms with Gasteiger partial charge < -0.3 is 13.9 Å². The maximum Gasteiger partial charge on any atom is 0.336 e. The number of esters is 1. The van der Waals surface area contributed by atoms with E-state index in [1.165, 1.54) is 0 Å². The fraction of sp³-hybridized carbons (Fsp3) is 0.500. The third kappa shape index (κ3) is 6.68. The second-order valence-electron chi connectivity index (χ2n) is 7.49. The molecule has 0 saturated carbocycles. The summed E-state index contributed by atoms with van der Waals surface area (Å²) >= 11 is 0. The van der Waals surface area contributed by atoms with E-state index in [-0.39, 0.29) is 12.1 Å². The molecule has 0 aliphatic carbocycles. The topological polar surface area (TPSA) is 48.7 Å². The maximum atomic E-state index is 12.8. The second-order valence-corrected chi connectivity index (χ2v) is 7.49. The normalized spacial score (nSPS) is 14.0. The summed E-state index contributed by atoms with van der Waals surface area (Å²) in [5, 5.41) is 0. The van der Waals surface area contributed by atoms with Crippen LogP contribution in [0.25, 0.3) is 0 Å². The Hall–Kier alpha value is -2.07. The summed E-state index contributed by atoms with van der Waals surface area (Å²) in [6, 6.07) is 13.6. The van der Waals surface area contributed by atoms with Gasteiger partial charge in [-0.1, -0.05) is 50.1 Å². The molecule has 0 bridgehead atoms. The summed E-state index contributed by atoms with van der Waals surface area (Å²) in [6.45, 7) is 7.73. The van der Waals surface area contributed by atoms with Crippen molar-refractivity contribution in [2.24, 2.45) is 0 Å². The average molecular weight is 358 g/mol. The highest BCUT2D eigenvalue weighted by molar-refractivity contribution is 5.75. The summed E-state index contributed by atoms with van der Waals surface area (Å²) in [7, 11) is 0. The van der Waals surface area contributed by atoms with Crippen LogP contribution >= 0.6 is 0 Å². The van der Waals surface area contributed by atoms with Crippen molar-refractivity contribution in [3.8, 4) is 0 Å². The lowest BCUT2D eigenvalue weighted by molar-refractivity contribution is -0.173. The van der Waals surface area contributed by atoms with Gasteiger partial charge in [-0.3, -0.25) is 0 Å². The van der Waals surface area contributed by atoms with Crippen LogP contribution in [0.2, 0.25) is 0 Å². The average Bonchev–Trinajstić information content (AvgIpc) is 3.11. The summed E-state index contributed by atoms with van der Waals surface area (Å²) in [5.41, 5.74) is 0.482. The molecule has 0 aliphatic rings. The molecule has 142 valence electrons. The van der Waals surface area contributed by atoms with E-state index in [0.717, 1.165) is 30.6 Å². The van der Waals surface area contributed by atoms with Gasteiger partial charge in [0.2, 0.25) is 0 Å². The molecule has 4 heteroatoms. The second kappa shape index (κ2) is 9.58. The Morgan fingerprint density at radius 1 is 1.12 bits per heavy atom. The van der Waals surface area contributed by atoms with Crippen LogP contribution in [0.1, 0.15) is 64.4 Å². The molecule has 1 heterocycles. The monoisotopic (exact) mass is 358 g/mol. The summed E-state index contributed by atoms with van der Waals surface area (Å²) in [5.74, 6) is 0.412. The number of hydrogen-bond donors (Lipinski definition) is 0. The van der Waals surface area contributed by atoms with Crippen molar-refractivity contribution in [1.82, 2.24) is 0 Å². The van der Waals surface area contributed by atoms with E-state index in [1.54, 1.807) is 6.26 Å². The Morgan fingerprint density at radius 2 is 1.85 bits per heavy atom. The molecule has 0 N–H and O–H groups in total. The molecule has 4 nitrogen and oxygen atoms in total. The SMILES string of the molecule is CCCC[C@H](O[C@H](Cc1ccccc1)C(=O)OC(C)(C)C)c1ccco1. The van der Waals surface area contributed by atoms with Gasteiger partial charge in [-0.2, -0.15) is 0 Å². The Kier molecular flexibility index (Phi) is 7.46. The van der Waals surface area contributed by atoms with E-state index in [9.17, 15) is 4.79 Å². The van der Waals surface area contributed by atoms with Crippen molar-refractivity contribution in [3.05, 3.63) is 60.1 Å². The van der Waals surface area contributed by atoms with Crippen molar-refractivity contribution in [3.63, 3.8) is 0 Å². The number of hydrogen-bond acceptors (Lipinski definition) is 4. The van der Waals surface area contributed by atoms with E-state index in [2.05, 4.69) is 6.92 Å². The third-order valence-electron chi connectivity index (χ3n) is 3.94. The number of carbonyl (C=O) groups excluding carboxylic acids is 1. The van der Waals surface area contributed by atoms with Crippen molar-refractivity contribution in [2.45, 2.75) is 71.2 Å². The Balaban J connectivity index is 2.18. The predicted octanol–water partition coefficient (Wildman–Crippen LogP) is 5.48. The first kappa shape index (κ1) is 20.2. The molecule has 0 aliphatic heterocycles. The van der Waals surface area contributed by atoms with Gasteiger partial charge >= 0.3 is 5.97 Å². The molecular weight excluding hydrogens is 328 g/mol. The van der Waals surface area contributed by atoms with Gasteiger partial charge in [0.25, 0.3) is 0 Å². The number of rotatable bonds is 9. The number of carbonyl (C=O) groups is 1. The molecule has 0 spiro atoms. The minimum absolute atomic E-state index is 0.258. The van der Waals surface area contributed by atoms with Gasteiger partial charge in [-0.25, -0.2) is 4.79 Å². The highest BCUT2D eigenvalue weighted by atomic mass is 16.6. The molecule has 1 aromatic carbocycles. The van der Waals surface area contributed by atoms with Gasteiger partial charge in [0.05, 0.1) is 6.26 Å². The van der Waals surface area contributed by atoms with Crippen LogP contribution < -0.4 is 0 Å². The first-order chi connectivity index (χ1) is 12.4. The van der Waals surface area contributed by atoms with Crippen LogP contribution in [0.5, 0.6) is 0 Å². The molecule has 2 rings (SSSR count). The Morgan fingerprint density at radius 3 is 2.42 bits per heavy atom. The molecule has 0 amide bonds. The zero-order valence-electron chi connectivity index (χ0n) is 16.2. The molecular formula is C22H30O4. The molecule has 26 heavy (non-hydrogen) atoms. The number of unbranched alkanes of at least 4 members (excludes halogenated alkanes) is 1. The van der Waals surface area contributed by atoms with Crippen molar-refractivity contribution >= 4 is 5.97 Å². The fourth-order valence-corrected chi connectivity index (χ4v) is 2.72. The lowest BCUT2D eigenvalue weighted by Crippen LogP contribution is -2.35. The molecule has 0 saturated heterocycles. The van der Waals surface area contributed by atoms with Gasteiger partial charge in [0.15, 0.2) is 6.10 Å². The standard InChI is InChI=1S/C22H30O4/c1-5-6-13-19(18-14-10-15-24-18)25-20(21(23)26-22(2,3)4)16-17-11-8-7-9-12-17/h7-12,14-15,19-20H,5-6,13,16H2,1-4H3/t19-,20+/m0/s1.